The predicted octanol–water partition coefficient (Wildman–Crippen LogP) is -2.68. The van der Waals surface area contributed by atoms with Gasteiger partial charge in [-0.1, -0.05) is 0 Å². The van der Waals surface area contributed by atoms with E-state index in [1.54, 1.807) is 0 Å². The number of rotatable bonds is 4. The van der Waals surface area contributed by atoms with Gasteiger partial charge in [0, 0.05) is 0 Å². The fourth-order valence-corrected chi connectivity index (χ4v) is 0.283. The average molecular weight is 105 g/mol. The molecule has 0 aliphatic rings. The maximum absolute atomic E-state index is 8.15. The zero-order chi connectivity index (χ0) is 5.54. The summed E-state index contributed by atoms with van der Waals surface area (Å²) in [5, 5.41) is 19.1. The Hall–Kier alpha value is -0.120. The van der Waals surface area contributed by atoms with E-state index in [-0.39, 0.29) is 13.2 Å². The maximum Gasteiger partial charge on any atom is 0.144 e. The molecule has 0 spiro atoms. The molecule has 0 rings (SSSR count). The molecule has 0 bridgehead atoms. The largest absolute Gasteiger partial charge is 0.390 e. The number of hydrogen-bond acceptors (Lipinski definition) is 3. The Bertz CT molecular complexity index is 28.9. The van der Waals surface area contributed by atoms with E-state index in [0.717, 1.165) is 0 Å². The first kappa shape index (κ1) is 6.88. The van der Waals surface area contributed by atoms with E-state index in [9.17, 15) is 0 Å². The van der Waals surface area contributed by atoms with Gasteiger partial charge in [0.2, 0.25) is 0 Å². The molecule has 0 aliphatic carbocycles. The van der Waals surface area contributed by atoms with Crippen molar-refractivity contribution in [2.24, 2.45) is 0 Å². The van der Waals surface area contributed by atoms with E-state index in [1.807, 2.05) is 0 Å². The second kappa shape index (κ2) is 5.88. The molecule has 3 heteroatoms. The average Bonchev–Trinajstić information content (AvgIpc) is 1.69. The van der Waals surface area contributed by atoms with Crippen molar-refractivity contribution in [1.29, 1.82) is 0 Å². The molecule has 0 saturated carbocycles. The summed E-state index contributed by atoms with van der Waals surface area (Å²) in [6, 6.07) is 0. The van der Waals surface area contributed by atoms with Gasteiger partial charge in [-0.05, 0) is 0 Å². The molecular weight excluding hydrogens is 94.0 g/mol. The van der Waals surface area contributed by atoms with Crippen molar-refractivity contribution >= 4 is 0 Å². The van der Waals surface area contributed by atoms with Crippen molar-refractivity contribution < 1.29 is 15.5 Å². The molecule has 0 amide bonds. The fourth-order valence-electron chi connectivity index (χ4n) is 0.283. The minimum atomic E-state index is 0.139. The maximum atomic E-state index is 8.15. The molecule has 3 N–H and O–H groups in total. The number of aliphatic hydroxyl groups is 2. The molecule has 0 fully saturated rings. The highest BCUT2D eigenvalue weighted by Crippen LogP contribution is 1.40. The van der Waals surface area contributed by atoms with E-state index >= 15 is 0 Å². The van der Waals surface area contributed by atoms with Crippen molar-refractivity contribution in [3.63, 3.8) is 0 Å². The Kier molecular flexibility index (Phi) is 5.78. The van der Waals surface area contributed by atoms with Crippen molar-refractivity contribution in [3.8, 4) is 0 Å². The number of aliphatic hydroxyl groups excluding tert-OH is 2. The molecule has 43 valence electrons. The normalized spacial score (nSPS) is 9.43. The van der Waals surface area contributed by atoms with Crippen LogP contribution in [0.2, 0.25) is 0 Å². The minimum Gasteiger partial charge on any atom is -0.390 e. The van der Waals surface area contributed by atoms with Crippen molar-refractivity contribution in [3.05, 3.63) is 0 Å². The Morgan fingerprint density at radius 1 is 1.00 bits per heavy atom. The number of nitrogens with one attached hydrogen (secondary N) is 1. The Balaban J connectivity index is 2.45. The third-order valence-corrected chi connectivity index (χ3v) is 0.577. The van der Waals surface area contributed by atoms with E-state index < -0.39 is 0 Å². The van der Waals surface area contributed by atoms with E-state index in [2.05, 4.69) is 5.32 Å². The van der Waals surface area contributed by atoms with Gasteiger partial charge in [0.15, 0.2) is 0 Å². The molecule has 7 heavy (non-hydrogen) atoms. The minimum absolute atomic E-state index is 0.139. The van der Waals surface area contributed by atoms with Gasteiger partial charge in [-0.15, -0.1) is 0 Å². The van der Waals surface area contributed by atoms with Crippen LogP contribution in [0.1, 0.15) is 0 Å². The van der Waals surface area contributed by atoms with Crippen LogP contribution in [0.25, 0.3) is 0 Å². The van der Waals surface area contributed by atoms with Crippen LogP contribution in [0, 0.1) is 0 Å². The van der Waals surface area contributed by atoms with Crippen LogP contribution in [-0.2, 0) is 0 Å². The van der Waals surface area contributed by atoms with Gasteiger partial charge in [0.1, 0.15) is 13.1 Å². The van der Waals surface area contributed by atoms with Crippen LogP contribution in [0.5, 0.6) is 0 Å². The summed E-state index contributed by atoms with van der Waals surface area (Å²) < 4.78 is 0. The summed E-state index contributed by atoms with van der Waals surface area (Å²) >= 11 is 0. The first-order valence-electron chi connectivity index (χ1n) is 2.34. The molecule has 0 aromatic carbocycles. The Morgan fingerprint density at radius 2 is 1.43 bits per heavy atom. The van der Waals surface area contributed by atoms with E-state index in [4.69, 9.17) is 10.2 Å². The highest BCUT2D eigenvalue weighted by atomic mass is 16.3. The van der Waals surface area contributed by atoms with Gasteiger partial charge < -0.3 is 10.2 Å². The lowest BCUT2D eigenvalue weighted by Gasteiger charge is -1.85. The van der Waals surface area contributed by atoms with Crippen molar-refractivity contribution in [2.45, 2.75) is 0 Å². The summed E-state index contributed by atoms with van der Waals surface area (Å²) in [5.41, 5.74) is 0. The van der Waals surface area contributed by atoms with Gasteiger partial charge in [-0.2, -0.15) is 5.32 Å². The SMILES string of the molecule is OCC[NH+]CCO. The molecule has 0 heterocycles. The topological polar surface area (TPSA) is 56.1 Å². The third kappa shape index (κ3) is 5.88. The van der Waals surface area contributed by atoms with Crippen LogP contribution < -0.4 is 5.32 Å². The number of hydrogen-bond donors (Lipinski definition) is 3. The van der Waals surface area contributed by atoms with Crippen LogP contribution >= 0.6 is 0 Å². The summed E-state index contributed by atoms with van der Waals surface area (Å²) in [6.07, 6.45) is 0. The third-order valence-electron chi connectivity index (χ3n) is 0.577. The smallest absolute Gasteiger partial charge is 0.144 e. The van der Waals surface area contributed by atoms with E-state index in [1.165, 1.54) is 0 Å². The van der Waals surface area contributed by atoms with Gasteiger partial charge in [0.25, 0.3) is 0 Å². The second-order valence-electron chi connectivity index (χ2n) is 1.20. The lowest BCUT2D eigenvalue weighted by Crippen LogP contribution is -2.85. The summed E-state index contributed by atoms with van der Waals surface area (Å²) in [5.74, 6) is 0. The second-order valence-corrected chi connectivity index (χ2v) is 1.20. The van der Waals surface area contributed by atoms with E-state index in [0.29, 0.717) is 13.1 Å². The van der Waals surface area contributed by atoms with Crippen molar-refractivity contribution in [2.75, 3.05) is 26.3 Å². The lowest BCUT2D eigenvalue weighted by atomic mass is 10.6. The zero-order valence-corrected chi connectivity index (χ0v) is 4.22. The molecular formula is C4H11NO2+. The molecule has 3 nitrogen and oxygen atoms in total. The van der Waals surface area contributed by atoms with Gasteiger partial charge >= 0.3 is 0 Å². The van der Waals surface area contributed by atoms with Crippen LogP contribution in [0.3, 0.4) is 0 Å². The van der Waals surface area contributed by atoms with Crippen LogP contribution in [-0.4, -0.2) is 36.5 Å². The first-order valence-corrected chi connectivity index (χ1v) is 2.34. The van der Waals surface area contributed by atoms with Crippen LogP contribution in [0.4, 0.5) is 0 Å². The highest BCUT2D eigenvalue weighted by Gasteiger charge is 1.87. The van der Waals surface area contributed by atoms with Gasteiger partial charge in [0.05, 0.1) is 13.2 Å². The molecule has 0 atom stereocenters. The summed E-state index contributed by atoms with van der Waals surface area (Å²) in [7, 11) is 0. The molecule has 0 aliphatic heterocycles. The molecule has 0 aromatic rings. The summed E-state index contributed by atoms with van der Waals surface area (Å²) in [4.78, 5) is 0. The predicted molar refractivity (Wildman–Crippen MR) is 24.9 cm³/mol. The molecule has 0 unspecified atom stereocenters. The highest BCUT2D eigenvalue weighted by molar-refractivity contribution is 4.15. The first-order chi connectivity index (χ1) is 3.41. The fraction of sp³-hybridized carbons (Fsp3) is 1.00. The lowest BCUT2D eigenvalue weighted by molar-refractivity contribution is -0.657. The molecule has 1 radical (unpaired) electrons. The summed E-state index contributed by atoms with van der Waals surface area (Å²) in [6.45, 7) is 1.42. The molecule has 0 aromatic heterocycles. The van der Waals surface area contributed by atoms with Crippen molar-refractivity contribution in [1.82, 2.24) is 0 Å². The quantitative estimate of drug-likeness (QED) is 0.341. The monoisotopic (exact) mass is 105 g/mol. The van der Waals surface area contributed by atoms with Crippen LogP contribution in [0.15, 0.2) is 0 Å². The standard InChI is InChI=1S/C4H11NO2/c6-3-1-5-2-4-7/h5-7H,1-4H2/q+1. The van der Waals surface area contributed by atoms with Gasteiger partial charge in [-0.25, -0.2) is 0 Å². The molecule has 0 saturated heterocycles. The zero-order valence-electron chi connectivity index (χ0n) is 4.22. The Labute approximate surface area is 43.0 Å². The van der Waals surface area contributed by atoms with Gasteiger partial charge in [-0.3, -0.25) is 0 Å². The Morgan fingerprint density at radius 3 is 1.71 bits per heavy atom.